The highest BCUT2D eigenvalue weighted by molar-refractivity contribution is 9.10. The first kappa shape index (κ1) is 19.8. The molecule has 0 bridgehead atoms. The summed E-state index contributed by atoms with van der Waals surface area (Å²) < 4.78 is 0.759. The summed E-state index contributed by atoms with van der Waals surface area (Å²) in [6, 6.07) is 23.1. The summed E-state index contributed by atoms with van der Waals surface area (Å²) in [5, 5.41) is 12.2. The lowest BCUT2D eigenvalue weighted by Gasteiger charge is -2.29. The smallest absolute Gasteiger partial charge is 0.262 e. The van der Waals surface area contributed by atoms with Gasteiger partial charge >= 0.3 is 0 Å². The van der Waals surface area contributed by atoms with E-state index in [4.69, 9.17) is 4.84 Å². The van der Waals surface area contributed by atoms with Gasteiger partial charge in [0, 0.05) is 10.0 Å². The Morgan fingerprint density at radius 3 is 2.29 bits per heavy atom. The van der Waals surface area contributed by atoms with Crippen molar-refractivity contribution in [3.8, 4) is 5.75 Å². The third kappa shape index (κ3) is 3.40. The molecule has 3 atom stereocenters. The maximum Gasteiger partial charge on any atom is 0.262 e. The van der Waals surface area contributed by atoms with E-state index in [0.29, 0.717) is 11.3 Å². The number of rotatable bonds is 4. The van der Waals surface area contributed by atoms with Crippen LogP contribution in [0.2, 0.25) is 0 Å². The molecule has 6 nitrogen and oxygen atoms in total. The van der Waals surface area contributed by atoms with Crippen molar-refractivity contribution in [3.63, 3.8) is 0 Å². The van der Waals surface area contributed by atoms with Crippen LogP contribution >= 0.6 is 15.9 Å². The molecule has 156 valence electrons. The number of para-hydroxylation sites is 1. The highest BCUT2D eigenvalue weighted by Crippen LogP contribution is 2.49. The molecule has 2 aliphatic rings. The first-order valence-electron chi connectivity index (χ1n) is 9.93. The minimum Gasteiger partial charge on any atom is -0.508 e. The van der Waals surface area contributed by atoms with Crippen LogP contribution in [0.15, 0.2) is 83.3 Å². The number of halogens is 1. The number of imide groups is 1. The molecule has 3 aromatic carbocycles. The first-order chi connectivity index (χ1) is 15.0. The molecule has 5 rings (SSSR count). The summed E-state index contributed by atoms with van der Waals surface area (Å²) in [4.78, 5) is 34.0. The largest absolute Gasteiger partial charge is 0.508 e. The third-order valence-corrected chi connectivity index (χ3v) is 6.20. The number of phenols is 1. The summed E-state index contributed by atoms with van der Waals surface area (Å²) in [6.07, 6.45) is -0.945. The van der Waals surface area contributed by atoms with Crippen LogP contribution in [-0.2, 0) is 21.0 Å². The molecule has 2 fully saturated rings. The monoisotopic (exact) mass is 478 g/mol. The fraction of sp³-hybridized carbons (Fsp3) is 0.167. The number of fused-ring (bicyclic) bond motifs is 1. The number of phenolic OH excluding ortho intramolecular Hbond substituents is 1. The number of likely N-dealkylation sites (tertiary alicyclic amines) is 1. The van der Waals surface area contributed by atoms with Crippen LogP contribution in [0.4, 0.5) is 5.69 Å². The van der Waals surface area contributed by atoms with Gasteiger partial charge in [-0.1, -0.05) is 64.5 Å². The summed E-state index contributed by atoms with van der Waals surface area (Å²) >= 11 is 3.44. The molecule has 0 saturated carbocycles. The Morgan fingerprint density at radius 1 is 0.903 bits per heavy atom. The average Bonchev–Trinajstić information content (AvgIpc) is 3.29. The number of hydroxylamine groups is 1. The third-order valence-electron chi connectivity index (χ3n) is 5.71. The number of aromatic hydroxyl groups is 1. The van der Waals surface area contributed by atoms with E-state index in [0.717, 1.165) is 10.0 Å². The molecule has 0 aromatic heterocycles. The number of hydrogen-bond donors (Lipinski definition) is 1. The molecule has 0 aliphatic carbocycles. The number of hydrogen-bond acceptors (Lipinski definition) is 5. The Hall–Kier alpha value is -3.16. The SMILES string of the molecule is O=C1[C@H]2[C@H](ON(c3ccccc3)[C@H]2c2cc(Br)ccc2O)C(=O)N1Cc1ccccc1. The van der Waals surface area contributed by atoms with E-state index >= 15 is 0 Å². The van der Waals surface area contributed by atoms with Crippen molar-refractivity contribution in [2.75, 3.05) is 5.06 Å². The first-order valence-corrected chi connectivity index (χ1v) is 10.7. The zero-order valence-corrected chi connectivity index (χ0v) is 18.0. The number of nitrogens with zero attached hydrogens (tertiary/aromatic N) is 2. The van der Waals surface area contributed by atoms with Gasteiger partial charge in [-0.15, -0.1) is 0 Å². The fourth-order valence-corrected chi connectivity index (χ4v) is 4.65. The molecule has 0 unspecified atom stereocenters. The molecule has 0 spiro atoms. The second-order valence-electron chi connectivity index (χ2n) is 7.61. The van der Waals surface area contributed by atoms with Gasteiger partial charge in [-0.2, -0.15) is 0 Å². The minimum atomic E-state index is -0.945. The van der Waals surface area contributed by atoms with Gasteiger partial charge in [0.1, 0.15) is 11.7 Å². The molecule has 2 amide bonds. The Balaban J connectivity index is 1.56. The van der Waals surface area contributed by atoms with Crippen LogP contribution in [-0.4, -0.2) is 27.9 Å². The van der Waals surface area contributed by atoms with Crippen LogP contribution in [0.5, 0.6) is 5.75 Å². The normalized spacial score (nSPS) is 22.8. The van der Waals surface area contributed by atoms with Gasteiger partial charge < -0.3 is 5.11 Å². The second kappa shape index (κ2) is 7.83. The van der Waals surface area contributed by atoms with Crippen LogP contribution in [0, 0.1) is 5.92 Å². The molecule has 2 saturated heterocycles. The molecule has 7 heteroatoms. The van der Waals surface area contributed by atoms with E-state index in [1.54, 1.807) is 23.3 Å². The lowest BCUT2D eigenvalue weighted by molar-refractivity contribution is -0.143. The van der Waals surface area contributed by atoms with E-state index in [1.165, 1.54) is 4.90 Å². The molecule has 2 aliphatic heterocycles. The summed E-state index contributed by atoms with van der Waals surface area (Å²) in [5.41, 5.74) is 2.09. The summed E-state index contributed by atoms with van der Waals surface area (Å²) in [7, 11) is 0. The molecule has 3 aromatic rings. The number of anilines is 1. The lowest BCUT2D eigenvalue weighted by atomic mass is 9.90. The van der Waals surface area contributed by atoms with E-state index < -0.39 is 18.1 Å². The molecular formula is C24H19BrN2O4. The van der Waals surface area contributed by atoms with Crippen molar-refractivity contribution in [2.45, 2.75) is 18.7 Å². The van der Waals surface area contributed by atoms with E-state index in [1.807, 2.05) is 60.7 Å². The standard InChI is InChI=1S/C24H19BrN2O4/c25-16-11-12-19(28)18(13-16)21-20-22(31-27(21)17-9-5-2-6-10-17)24(30)26(23(20)29)14-15-7-3-1-4-8-15/h1-13,20-22,28H,14H2/t20-,21+,22+/m1/s1. The number of carbonyl (C=O) groups excluding carboxylic acids is 2. The maximum atomic E-state index is 13.5. The van der Waals surface area contributed by atoms with Crippen LogP contribution in [0.25, 0.3) is 0 Å². The van der Waals surface area contributed by atoms with E-state index in [2.05, 4.69) is 15.9 Å². The second-order valence-corrected chi connectivity index (χ2v) is 8.53. The molecule has 2 heterocycles. The Kier molecular flexibility index (Phi) is 5.00. The van der Waals surface area contributed by atoms with Crippen LogP contribution in [0.1, 0.15) is 17.2 Å². The van der Waals surface area contributed by atoms with Gasteiger partial charge in [-0.25, -0.2) is 5.06 Å². The van der Waals surface area contributed by atoms with Crippen molar-refractivity contribution in [1.29, 1.82) is 0 Å². The molecule has 31 heavy (non-hydrogen) atoms. The topological polar surface area (TPSA) is 70.1 Å². The van der Waals surface area contributed by atoms with Gasteiger partial charge in [-0.05, 0) is 35.9 Å². The fourth-order valence-electron chi connectivity index (χ4n) is 4.27. The minimum absolute atomic E-state index is 0.0418. The van der Waals surface area contributed by atoms with Crippen LogP contribution < -0.4 is 5.06 Å². The average molecular weight is 479 g/mol. The zero-order chi connectivity index (χ0) is 21.5. The summed E-state index contributed by atoms with van der Waals surface area (Å²) in [5.74, 6) is -1.39. The predicted molar refractivity (Wildman–Crippen MR) is 118 cm³/mol. The van der Waals surface area contributed by atoms with Gasteiger partial charge in [0.05, 0.1) is 18.3 Å². The van der Waals surface area contributed by atoms with Crippen molar-refractivity contribution in [2.24, 2.45) is 5.92 Å². The Labute approximate surface area is 187 Å². The maximum absolute atomic E-state index is 13.5. The van der Waals surface area contributed by atoms with Crippen molar-refractivity contribution < 1.29 is 19.5 Å². The molecule has 1 N–H and O–H groups in total. The molecule has 0 radical (unpaired) electrons. The van der Waals surface area contributed by atoms with Gasteiger partial charge in [0.15, 0.2) is 6.10 Å². The highest BCUT2D eigenvalue weighted by atomic mass is 79.9. The van der Waals surface area contributed by atoms with Gasteiger partial charge in [0.25, 0.3) is 5.91 Å². The van der Waals surface area contributed by atoms with E-state index in [-0.39, 0.29) is 24.1 Å². The van der Waals surface area contributed by atoms with E-state index in [9.17, 15) is 14.7 Å². The van der Waals surface area contributed by atoms with Crippen molar-refractivity contribution in [1.82, 2.24) is 4.90 Å². The Bertz CT molecular complexity index is 1140. The lowest BCUT2D eigenvalue weighted by Crippen LogP contribution is -2.37. The number of benzene rings is 3. The molecular weight excluding hydrogens is 460 g/mol. The summed E-state index contributed by atoms with van der Waals surface area (Å²) in [6.45, 7) is 0.192. The van der Waals surface area contributed by atoms with Crippen molar-refractivity contribution >= 4 is 33.4 Å². The van der Waals surface area contributed by atoms with Gasteiger partial charge in [0.2, 0.25) is 5.91 Å². The number of amides is 2. The zero-order valence-electron chi connectivity index (χ0n) is 16.4. The highest BCUT2D eigenvalue weighted by Gasteiger charge is 2.60. The van der Waals surface area contributed by atoms with Crippen LogP contribution in [0.3, 0.4) is 0 Å². The quantitative estimate of drug-likeness (QED) is 0.569. The van der Waals surface area contributed by atoms with Gasteiger partial charge in [-0.3, -0.25) is 19.3 Å². The Morgan fingerprint density at radius 2 is 1.58 bits per heavy atom. The number of carbonyl (C=O) groups is 2. The predicted octanol–water partition coefficient (Wildman–Crippen LogP) is 4.20. The van der Waals surface area contributed by atoms with Crippen molar-refractivity contribution in [3.05, 3.63) is 94.5 Å².